The smallest absolute Gasteiger partial charge is 0.243 e. The molecule has 2 saturated heterocycles. The second kappa shape index (κ2) is 9.19. The predicted octanol–water partition coefficient (Wildman–Crippen LogP) is -0.0581. The first kappa shape index (κ1) is 19.0. The van der Waals surface area contributed by atoms with E-state index in [1.165, 1.54) is 4.90 Å². The highest BCUT2D eigenvalue weighted by atomic mass is 16.7. The zero-order valence-corrected chi connectivity index (χ0v) is 15.0. The van der Waals surface area contributed by atoms with Crippen molar-refractivity contribution in [3.05, 3.63) is 0 Å². The average Bonchev–Trinajstić information content (AvgIpc) is 3.21. The summed E-state index contributed by atoms with van der Waals surface area (Å²) in [4.78, 5) is 17.6. The summed E-state index contributed by atoms with van der Waals surface area (Å²) in [6, 6.07) is 0. The van der Waals surface area contributed by atoms with Crippen LogP contribution in [0, 0.1) is 0 Å². The van der Waals surface area contributed by atoms with Crippen LogP contribution in [0.15, 0.2) is 4.99 Å². The first-order valence-electron chi connectivity index (χ1n) is 8.60. The largest absolute Gasteiger partial charge is 0.376 e. The third kappa shape index (κ3) is 6.26. The minimum atomic E-state index is -0.536. The lowest BCUT2D eigenvalue weighted by Crippen LogP contribution is -2.43. The second-order valence-electron chi connectivity index (χ2n) is 6.48. The molecule has 8 heteroatoms. The van der Waals surface area contributed by atoms with Crippen molar-refractivity contribution in [3.63, 3.8) is 0 Å². The van der Waals surface area contributed by atoms with E-state index in [-0.39, 0.29) is 18.6 Å². The fourth-order valence-corrected chi connectivity index (χ4v) is 2.59. The summed E-state index contributed by atoms with van der Waals surface area (Å²) >= 11 is 0. The van der Waals surface area contributed by atoms with E-state index in [2.05, 4.69) is 15.6 Å². The van der Waals surface area contributed by atoms with Gasteiger partial charge < -0.3 is 29.7 Å². The zero-order chi connectivity index (χ0) is 17.4. The van der Waals surface area contributed by atoms with Crippen molar-refractivity contribution in [2.24, 2.45) is 4.99 Å². The minimum Gasteiger partial charge on any atom is -0.376 e. The number of rotatable bonds is 7. The summed E-state index contributed by atoms with van der Waals surface area (Å²) in [7, 11) is 3.45. The molecule has 8 nitrogen and oxygen atoms in total. The maximum Gasteiger partial charge on any atom is 0.243 e. The second-order valence-corrected chi connectivity index (χ2v) is 6.48. The van der Waals surface area contributed by atoms with Crippen molar-refractivity contribution in [3.8, 4) is 0 Å². The summed E-state index contributed by atoms with van der Waals surface area (Å²) in [5.74, 6) is 0.0384. The Balaban J connectivity index is 1.80. The summed E-state index contributed by atoms with van der Waals surface area (Å²) < 4.78 is 16.8. The Labute approximate surface area is 143 Å². The van der Waals surface area contributed by atoms with Crippen molar-refractivity contribution in [2.75, 3.05) is 53.6 Å². The van der Waals surface area contributed by atoms with Crippen molar-refractivity contribution in [1.29, 1.82) is 0 Å². The Morgan fingerprint density at radius 2 is 2.00 bits per heavy atom. The van der Waals surface area contributed by atoms with E-state index in [0.717, 1.165) is 19.4 Å². The quantitative estimate of drug-likeness (QED) is 0.498. The monoisotopic (exact) mass is 342 g/mol. The molecule has 2 rings (SSSR count). The zero-order valence-electron chi connectivity index (χ0n) is 15.0. The molecule has 1 amide bonds. The van der Waals surface area contributed by atoms with Gasteiger partial charge in [0.15, 0.2) is 11.7 Å². The Morgan fingerprint density at radius 1 is 1.25 bits per heavy atom. The number of hydrogen-bond acceptors (Lipinski definition) is 5. The number of nitrogens with one attached hydrogen (secondary N) is 2. The molecule has 0 spiro atoms. The highest BCUT2D eigenvalue weighted by Crippen LogP contribution is 2.21. The lowest BCUT2D eigenvalue weighted by molar-refractivity contribution is -0.145. The molecule has 2 N–H and O–H groups in total. The molecule has 0 bridgehead atoms. The van der Waals surface area contributed by atoms with Crippen molar-refractivity contribution in [1.82, 2.24) is 15.5 Å². The normalized spacial score (nSPS) is 23.3. The number of amides is 1. The fourth-order valence-electron chi connectivity index (χ4n) is 2.59. The Bertz CT molecular complexity index is 430. The first-order valence-corrected chi connectivity index (χ1v) is 8.60. The van der Waals surface area contributed by atoms with Crippen LogP contribution >= 0.6 is 0 Å². The van der Waals surface area contributed by atoms with Crippen molar-refractivity contribution >= 4 is 11.9 Å². The van der Waals surface area contributed by atoms with E-state index in [0.29, 0.717) is 38.7 Å². The van der Waals surface area contributed by atoms with Gasteiger partial charge in [0.2, 0.25) is 5.91 Å². The fraction of sp³-hybridized carbons (Fsp3) is 0.875. The average molecular weight is 342 g/mol. The van der Waals surface area contributed by atoms with Gasteiger partial charge in [0.25, 0.3) is 0 Å². The Hall–Kier alpha value is -1.38. The van der Waals surface area contributed by atoms with Gasteiger partial charge in [0, 0.05) is 40.2 Å². The van der Waals surface area contributed by atoms with Crippen LogP contribution in [-0.4, -0.2) is 82.2 Å². The molecule has 1 atom stereocenters. The maximum absolute atomic E-state index is 11.7. The van der Waals surface area contributed by atoms with Crippen LogP contribution in [0.25, 0.3) is 0 Å². The summed E-state index contributed by atoms with van der Waals surface area (Å²) in [6.45, 7) is 5.46. The van der Waals surface area contributed by atoms with Crippen LogP contribution in [0.2, 0.25) is 0 Å². The van der Waals surface area contributed by atoms with E-state index in [4.69, 9.17) is 14.2 Å². The molecular formula is C16H30N4O4. The first-order chi connectivity index (χ1) is 11.5. The standard InChI is InChI=1S/C16H30N4O4/c1-16(23-9-10-24-16)6-7-17-15(19-12-14(21)20(2)3)18-11-13-5-4-8-22-13/h13H,4-12H2,1-3H3,(H2,17,18,19). The Kier molecular flexibility index (Phi) is 7.26. The molecule has 0 radical (unpaired) electrons. The van der Waals surface area contributed by atoms with Gasteiger partial charge in [-0.05, 0) is 19.8 Å². The minimum absolute atomic E-state index is 0.0392. The number of hydrogen-bond donors (Lipinski definition) is 2. The van der Waals surface area contributed by atoms with E-state index in [9.17, 15) is 4.79 Å². The molecule has 0 aliphatic carbocycles. The van der Waals surface area contributed by atoms with Crippen LogP contribution in [0.5, 0.6) is 0 Å². The molecule has 0 saturated carbocycles. The SMILES string of the molecule is CN(C)C(=O)CN=C(NCCC1(C)OCCO1)NCC1CCCO1. The van der Waals surface area contributed by atoms with Crippen LogP contribution < -0.4 is 10.6 Å². The maximum atomic E-state index is 11.7. The Morgan fingerprint density at radius 3 is 2.62 bits per heavy atom. The van der Waals surface area contributed by atoms with E-state index >= 15 is 0 Å². The van der Waals surface area contributed by atoms with E-state index in [1.807, 2.05) is 6.92 Å². The van der Waals surface area contributed by atoms with Gasteiger partial charge in [-0.1, -0.05) is 0 Å². The number of ether oxygens (including phenoxy) is 3. The lowest BCUT2D eigenvalue weighted by Gasteiger charge is -2.23. The van der Waals surface area contributed by atoms with Gasteiger partial charge in [0.1, 0.15) is 6.54 Å². The van der Waals surface area contributed by atoms with Crippen LogP contribution in [0.1, 0.15) is 26.2 Å². The molecule has 0 aromatic carbocycles. The van der Waals surface area contributed by atoms with Gasteiger partial charge in [0.05, 0.1) is 19.3 Å². The molecule has 1 unspecified atom stereocenters. The molecule has 2 heterocycles. The molecular weight excluding hydrogens is 312 g/mol. The molecule has 0 aromatic rings. The van der Waals surface area contributed by atoms with Crippen molar-refractivity contribution < 1.29 is 19.0 Å². The summed E-state index contributed by atoms with van der Waals surface area (Å²) in [5, 5.41) is 6.50. The van der Waals surface area contributed by atoms with Crippen LogP contribution in [0.4, 0.5) is 0 Å². The number of aliphatic imine (C=N–C) groups is 1. The molecule has 0 aromatic heterocycles. The number of likely N-dealkylation sites (N-methyl/N-ethyl adjacent to an activating group) is 1. The molecule has 2 aliphatic heterocycles. The van der Waals surface area contributed by atoms with Gasteiger partial charge in [-0.15, -0.1) is 0 Å². The number of guanidine groups is 1. The third-order valence-corrected chi connectivity index (χ3v) is 4.16. The van der Waals surface area contributed by atoms with E-state index in [1.54, 1.807) is 14.1 Å². The summed E-state index contributed by atoms with van der Waals surface area (Å²) in [5.41, 5.74) is 0. The van der Waals surface area contributed by atoms with Gasteiger partial charge in [-0.25, -0.2) is 4.99 Å². The predicted molar refractivity (Wildman–Crippen MR) is 90.9 cm³/mol. The van der Waals surface area contributed by atoms with Crippen LogP contribution in [0.3, 0.4) is 0 Å². The van der Waals surface area contributed by atoms with Crippen molar-refractivity contribution in [2.45, 2.75) is 38.1 Å². The number of carbonyl (C=O) groups is 1. The molecule has 138 valence electrons. The van der Waals surface area contributed by atoms with E-state index < -0.39 is 5.79 Å². The van der Waals surface area contributed by atoms with Gasteiger partial charge in [-0.2, -0.15) is 0 Å². The lowest BCUT2D eigenvalue weighted by atomic mass is 10.2. The van der Waals surface area contributed by atoms with Crippen LogP contribution in [-0.2, 0) is 19.0 Å². The molecule has 24 heavy (non-hydrogen) atoms. The van der Waals surface area contributed by atoms with Gasteiger partial charge >= 0.3 is 0 Å². The third-order valence-electron chi connectivity index (χ3n) is 4.16. The highest BCUT2D eigenvalue weighted by molar-refractivity contribution is 5.84. The molecule has 2 aliphatic rings. The topological polar surface area (TPSA) is 84.4 Å². The number of carbonyl (C=O) groups excluding carboxylic acids is 1. The highest BCUT2D eigenvalue weighted by Gasteiger charge is 2.30. The number of nitrogens with zero attached hydrogens (tertiary/aromatic N) is 2. The van der Waals surface area contributed by atoms with Gasteiger partial charge in [-0.3, -0.25) is 4.79 Å². The summed E-state index contributed by atoms with van der Waals surface area (Å²) in [6.07, 6.45) is 3.06. The molecule has 2 fully saturated rings.